The molecule has 2 aromatic rings. The van der Waals surface area contributed by atoms with E-state index in [9.17, 15) is 9.90 Å². The second-order valence-corrected chi connectivity index (χ2v) is 6.82. The highest BCUT2D eigenvalue weighted by molar-refractivity contribution is 7.09. The lowest BCUT2D eigenvalue weighted by molar-refractivity contribution is 0.0641. The Balaban J connectivity index is 1.61. The zero-order chi connectivity index (χ0) is 15.5. The maximum atomic E-state index is 12.3. The predicted molar refractivity (Wildman–Crippen MR) is 87.1 cm³/mol. The summed E-state index contributed by atoms with van der Waals surface area (Å²) < 4.78 is 0. The lowest BCUT2D eigenvalue weighted by Crippen LogP contribution is -2.35. The van der Waals surface area contributed by atoms with Crippen molar-refractivity contribution in [3.63, 3.8) is 0 Å². The van der Waals surface area contributed by atoms with E-state index in [4.69, 9.17) is 0 Å². The molecule has 1 N–H and O–H groups in total. The summed E-state index contributed by atoms with van der Waals surface area (Å²) in [6.45, 7) is 0.384. The van der Waals surface area contributed by atoms with Crippen LogP contribution in [-0.4, -0.2) is 40.6 Å². The highest BCUT2D eigenvalue weighted by Gasteiger charge is 2.31. The third-order valence-corrected chi connectivity index (χ3v) is 4.79. The summed E-state index contributed by atoms with van der Waals surface area (Å²) in [5.41, 5.74) is 1.66. The molecule has 1 amide bonds. The number of likely N-dealkylation sites (N-methyl/N-ethyl adjacent to an activating group) is 1. The molecule has 0 aliphatic heterocycles. The smallest absolute Gasteiger partial charge is 0.273 e. The molecule has 1 aliphatic carbocycles. The summed E-state index contributed by atoms with van der Waals surface area (Å²) >= 11 is 1.51. The Bertz CT molecular complexity index is 637. The topological polar surface area (TPSA) is 53.4 Å². The molecule has 3 rings (SSSR count). The number of hydrogen-bond acceptors (Lipinski definition) is 4. The average molecular weight is 316 g/mol. The van der Waals surface area contributed by atoms with Crippen molar-refractivity contribution < 1.29 is 9.90 Å². The summed E-state index contributed by atoms with van der Waals surface area (Å²) in [4.78, 5) is 18.4. The van der Waals surface area contributed by atoms with Crippen LogP contribution in [0.25, 0.3) is 0 Å². The molecule has 5 heteroatoms. The number of aliphatic hydroxyl groups excluding tert-OH is 1. The second kappa shape index (κ2) is 6.58. The Morgan fingerprint density at radius 2 is 2.14 bits per heavy atom. The monoisotopic (exact) mass is 316 g/mol. The molecule has 0 bridgehead atoms. The van der Waals surface area contributed by atoms with Crippen LogP contribution in [0.2, 0.25) is 0 Å². The highest BCUT2D eigenvalue weighted by Crippen LogP contribution is 2.32. The third kappa shape index (κ3) is 3.72. The van der Waals surface area contributed by atoms with Gasteiger partial charge >= 0.3 is 0 Å². The van der Waals surface area contributed by atoms with Crippen molar-refractivity contribution in [1.82, 2.24) is 9.88 Å². The molecule has 0 radical (unpaired) electrons. The molecular weight excluding hydrogens is 296 g/mol. The Morgan fingerprint density at radius 1 is 1.41 bits per heavy atom. The number of nitrogens with zero attached hydrogens (tertiary/aromatic N) is 2. The van der Waals surface area contributed by atoms with E-state index >= 15 is 0 Å². The molecule has 1 aliphatic rings. The molecule has 0 saturated heterocycles. The van der Waals surface area contributed by atoms with Crippen LogP contribution in [0.4, 0.5) is 0 Å². The quantitative estimate of drug-likeness (QED) is 0.891. The molecule has 1 saturated carbocycles. The Kier molecular flexibility index (Phi) is 4.55. The van der Waals surface area contributed by atoms with E-state index in [1.165, 1.54) is 16.9 Å². The molecule has 1 aromatic heterocycles. The molecule has 1 fully saturated rings. The standard InChI is InChI=1S/C17H20N2O2S/c1-19(10-15(20)13-7-8-13)17(21)14-11-22-16(18-14)9-12-5-3-2-4-6-12/h2-6,11,13,15,20H,7-10H2,1H3. The van der Waals surface area contributed by atoms with Gasteiger partial charge in [0.25, 0.3) is 5.91 Å². The van der Waals surface area contributed by atoms with E-state index in [0.717, 1.165) is 24.3 Å². The minimum absolute atomic E-state index is 0.115. The molecule has 1 heterocycles. The van der Waals surface area contributed by atoms with Crippen molar-refractivity contribution in [2.45, 2.75) is 25.4 Å². The summed E-state index contributed by atoms with van der Waals surface area (Å²) in [7, 11) is 1.73. The average Bonchev–Trinajstić information content (AvgIpc) is 3.28. The van der Waals surface area contributed by atoms with E-state index in [0.29, 0.717) is 18.2 Å². The van der Waals surface area contributed by atoms with Crippen molar-refractivity contribution in [3.8, 4) is 0 Å². The van der Waals surface area contributed by atoms with Gasteiger partial charge in [-0.25, -0.2) is 4.98 Å². The number of hydrogen-bond donors (Lipinski definition) is 1. The molecule has 22 heavy (non-hydrogen) atoms. The van der Waals surface area contributed by atoms with Crippen LogP contribution in [0.5, 0.6) is 0 Å². The van der Waals surface area contributed by atoms with Gasteiger partial charge in [0.2, 0.25) is 0 Å². The van der Waals surface area contributed by atoms with Gasteiger partial charge in [0.15, 0.2) is 0 Å². The second-order valence-electron chi connectivity index (χ2n) is 5.88. The number of rotatable bonds is 6. The van der Waals surface area contributed by atoms with Crippen LogP contribution in [-0.2, 0) is 6.42 Å². The van der Waals surface area contributed by atoms with Crippen LogP contribution in [0.3, 0.4) is 0 Å². The number of amides is 1. The molecule has 0 spiro atoms. The van der Waals surface area contributed by atoms with Gasteiger partial charge in [-0.1, -0.05) is 30.3 Å². The lowest BCUT2D eigenvalue weighted by atomic mass is 10.2. The van der Waals surface area contributed by atoms with Gasteiger partial charge in [0.1, 0.15) is 5.69 Å². The zero-order valence-electron chi connectivity index (χ0n) is 12.6. The van der Waals surface area contributed by atoms with Gasteiger partial charge in [0, 0.05) is 25.4 Å². The van der Waals surface area contributed by atoms with Crippen LogP contribution >= 0.6 is 11.3 Å². The van der Waals surface area contributed by atoms with Gasteiger partial charge < -0.3 is 10.0 Å². The van der Waals surface area contributed by atoms with E-state index in [1.807, 2.05) is 18.2 Å². The first-order valence-electron chi connectivity index (χ1n) is 7.55. The van der Waals surface area contributed by atoms with Crippen molar-refractivity contribution in [1.29, 1.82) is 0 Å². The van der Waals surface area contributed by atoms with Gasteiger partial charge in [-0.15, -0.1) is 11.3 Å². The van der Waals surface area contributed by atoms with E-state index in [1.54, 1.807) is 17.3 Å². The van der Waals surface area contributed by atoms with E-state index in [-0.39, 0.29) is 5.91 Å². The SMILES string of the molecule is CN(CC(O)C1CC1)C(=O)c1csc(Cc2ccccc2)n1. The molecule has 1 aromatic carbocycles. The highest BCUT2D eigenvalue weighted by atomic mass is 32.1. The first-order chi connectivity index (χ1) is 10.6. The maximum Gasteiger partial charge on any atom is 0.273 e. The number of carbonyl (C=O) groups excluding carboxylic acids is 1. The Hall–Kier alpha value is -1.72. The van der Waals surface area contributed by atoms with Crippen LogP contribution in [0, 0.1) is 5.92 Å². The minimum atomic E-state index is -0.406. The molecule has 1 atom stereocenters. The number of benzene rings is 1. The summed E-state index contributed by atoms with van der Waals surface area (Å²) in [5, 5.41) is 12.7. The fraction of sp³-hybridized carbons (Fsp3) is 0.412. The number of aromatic nitrogens is 1. The van der Waals surface area contributed by atoms with E-state index < -0.39 is 6.10 Å². The normalized spacial score (nSPS) is 15.5. The van der Waals surface area contributed by atoms with Crippen molar-refractivity contribution in [2.24, 2.45) is 5.92 Å². The van der Waals surface area contributed by atoms with Crippen LogP contribution < -0.4 is 0 Å². The summed E-state index contributed by atoms with van der Waals surface area (Å²) in [6, 6.07) is 10.1. The zero-order valence-corrected chi connectivity index (χ0v) is 13.4. The summed E-state index contributed by atoms with van der Waals surface area (Å²) in [5.74, 6) is 0.259. The minimum Gasteiger partial charge on any atom is -0.391 e. The molecule has 116 valence electrons. The number of thiazole rings is 1. The Labute approximate surface area is 134 Å². The number of carbonyl (C=O) groups is 1. The van der Waals surface area contributed by atoms with Crippen LogP contribution in [0.15, 0.2) is 35.7 Å². The van der Waals surface area contributed by atoms with Crippen molar-refractivity contribution in [3.05, 3.63) is 52.0 Å². The van der Waals surface area contributed by atoms with Gasteiger partial charge in [-0.2, -0.15) is 0 Å². The molecule has 4 nitrogen and oxygen atoms in total. The number of aliphatic hydroxyl groups is 1. The van der Waals surface area contributed by atoms with Gasteiger partial charge in [0.05, 0.1) is 11.1 Å². The lowest BCUT2D eigenvalue weighted by Gasteiger charge is -2.19. The van der Waals surface area contributed by atoms with Crippen molar-refractivity contribution >= 4 is 17.2 Å². The van der Waals surface area contributed by atoms with Crippen LogP contribution in [0.1, 0.15) is 33.9 Å². The first kappa shape index (κ1) is 15.2. The summed E-state index contributed by atoms with van der Waals surface area (Å²) in [6.07, 6.45) is 2.48. The fourth-order valence-electron chi connectivity index (χ4n) is 2.45. The third-order valence-electron chi connectivity index (χ3n) is 3.94. The predicted octanol–water partition coefficient (Wildman–Crippen LogP) is 2.58. The van der Waals surface area contributed by atoms with Crippen molar-refractivity contribution in [2.75, 3.05) is 13.6 Å². The largest absolute Gasteiger partial charge is 0.391 e. The molecular formula is C17H20N2O2S. The van der Waals surface area contributed by atoms with Gasteiger partial charge in [-0.05, 0) is 24.3 Å². The van der Waals surface area contributed by atoms with E-state index in [2.05, 4.69) is 17.1 Å². The molecule has 1 unspecified atom stereocenters. The fourth-order valence-corrected chi connectivity index (χ4v) is 3.25. The Morgan fingerprint density at radius 3 is 2.82 bits per heavy atom. The first-order valence-corrected chi connectivity index (χ1v) is 8.43. The van der Waals surface area contributed by atoms with Gasteiger partial charge in [-0.3, -0.25) is 4.79 Å². The maximum absolute atomic E-state index is 12.3.